The molecule has 0 unspecified atom stereocenters. The van der Waals surface area contributed by atoms with E-state index >= 15 is 0 Å². The number of benzene rings is 2. The van der Waals surface area contributed by atoms with Gasteiger partial charge in [-0.05, 0) is 48.5 Å². The lowest BCUT2D eigenvalue weighted by Gasteiger charge is -2.10. The molecular formula is C22H15F2N5O3. The lowest BCUT2D eigenvalue weighted by Crippen LogP contribution is -2.27. The molecule has 0 spiro atoms. The molecule has 2 heterocycles. The lowest BCUT2D eigenvalue weighted by molar-refractivity contribution is 0.102. The normalized spacial score (nSPS) is 10.6. The van der Waals surface area contributed by atoms with Crippen molar-refractivity contribution in [3.8, 4) is 17.3 Å². The summed E-state index contributed by atoms with van der Waals surface area (Å²) in [5.41, 5.74) is 5.25. The van der Waals surface area contributed by atoms with Gasteiger partial charge in [-0.15, -0.1) is 0 Å². The number of hydrogen-bond donors (Lipinski definition) is 2. The number of pyridine rings is 1. The summed E-state index contributed by atoms with van der Waals surface area (Å²) in [5.74, 6) is -1.88. The molecular weight excluding hydrogens is 420 g/mol. The molecule has 0 aliphatic rings. The molecule has 0 aliphatic carbocycles. The predicted molar refractivity (Wildman–Crippen MR) is 113 cm³/mol. The second-order valence-electron chi connectivity index (χ2n) is 6.56. The smallest absolute Gasteiger partial charge is 0.267 e. The van der Waals surface area contributed by atoms with E-state index in [0.29, 0.717) is 5.69 Å². The Morgan fingerprint density at radius 3 is 2.53 bits per heavy atom. The topological polar surface area (TPSA) is 112 Å². The fraction of sp³-hybridized carbons (Fsp3) is 0. The van der Waals surface area contributed by atoms with Crippen molar-refractivity contribution in [2.24, 2.45) is 0 Å². The minimum atomic E-state index is -0.767. The number of nitrogens with two attached hydrogens (primary N) is 1. The number of aromatic nitrogens is 3. The van der Waals surface area contributed by atoms with Crippen molar-refractivity contribution < 1.29 is 18.3 Å². The highest BCUT2D eigenvalue weighted by Gasteiger charge is 2.15. The van der Waals surface area contributed by atoms with Gasteiger partial charge in [0.2, 0.25) is 5.88 Å². The first kappa shape index (κ1) is 20.7. The summed E-state index contributed by atoms with van der Waals surface area (Å²) >= 11 is 0. The van der Waals surface area contributed by atoms with Crippen LogP contribution in [0.5, 0.6) is 11.6 Å². The highest BCUT2D eigenvalue weighted by Crippen LogP contribution is 2.26. The first-order chi connectivity index (χ1) is 15.4. The maximum absolute atomic E-state index is 14.4. The Balaban J connectivity index is 1.54. The zero-order valence-electron chi connectivity index (χ0n) is 16.3. The van der Waals surface area contributed by atoms with E-state index in [1.807, 2.05) is 0 Å². The number of nitrogen functional groups attached to an aromatic ring is 1. The van der Waals surface area contributed by atoms with Crippen molar-refractivity contribution in [2.45, 2.75) is 0 Å². The highest BCUT2D eigenvalue weighted by molar-refractivity contribution is 6.04. The molecule has 2 aromatic heterocycles. The van der Waals surface area contributed by atoms with Crippen LogP contribution in [-0.4, -0.2) is 20.4 Å². The average molecular weight is 435 g/mol. The van der Waals surface area contributed by atoms with Gasteiger partial charge >= 0.3 is 0 Å². The minimum absolute atomic E-state index is 0.0545. The third kappa shape index (κ3) is 4.43. The summed E-state index contributed by atoms with van der Waals surface area (Å²) in [6.45, 7) is 0. The van der Waals surface area contributed by atoms with E-state index in [-0.39, 0.29) is 28.7 Å². The Kier molecular flexibility index (Phi) is 5.58. The van der Waals surface area contributed by atoms with Gasteiger partial charge in [-0.3, -0.25) is 14.2 Å². The fourth-order valence-electron chi connectivity index (χ4n) is 2.85. The lowest BCUT2D eigenvalue weighted by atomic mass is 10.2. The van der Waals surface area contributed by atoms with Gasteiger partial charge in [-0.1, -0.05) is 0 Å². The first-order valence-corrected chi connectivity index (χ1v) is 9.24. The Bertz CT molecular complexity index is 1360. The van der Waals surface area contributed by atoms with Crippen molar-refractivity contribution in [2.75, 3.05) is 11.1 Å². The van der Waals surface area contributed by atoms with Crippen LogP contribution in [0.15, 0.2) is 78.0 Å². The van der Waals surface area contributed by atoms with Gasteiger partial charge in [0.25, 0.3) is 11.5 Å². The molecule has 1 amide bonds. The van der Waals surface area contributed by atoms with Crippen molar-refractivity contribution in [1.82, 2.24) is 14.5 Å². The van der Waals surface area contributed by atoms with Crippen molar-refractivity contribution in [3.05, 3.63) is 101 Å². The van der Waals surface area contributed by atoms with Crippen molar-refractivity contribution >= 4 is 17.4 Å². The quantitative estimate of drug-likeness (QED) is 0.496. The van der Waals surface area contributed by atoms with E-state index in [0.717, 1.165) is 6.07 Å². The molecule has 0 aliphatic heterocycles. The summed E-state index contributed by atoms with van der Waals surface area (Å²) in [4.78, 5) is 32.9. The van der Waals surface area contributed by atoms with Crippen LogP contribution >= 0.6 is 0 Å². The van der Waals surface area contributed by atoms with Crippen LogP contribution in [0.3, 0.4) is 0 Å². The van der Waals surface area contributed by atoms with E-state index in [1.165, 1.54) is 71.7 Å². The van der Waals surface area contributed by atoms with Gasteiger partial charge in [0.1, 0.15) is 23.5 Å². The highest BCUT2D eigenvalue weighted by atomic mass is 19.1. The van der Waals surface area contributed by atoms with Gasteiger partial charge < -0.3 is 15.8 Å². The number of hydrogen-bond acceptors (Lipinski definition) is 6. The van der Waals surface area contributed by atoms with E-state index in [1.54, 1.807) is 0 Å². The number of anilines is 2. The molecule has 8 nitrogen and oxygen atoms in total. The molecule has 0 atom stereocenters. The molecule has 160 valence electrons. The fourth-order valence-corrected chi connectivity index (χ4v) is 2.85. The van der Waals surface area contributed by atoms with Crippen LogP contribution < -0.4 is 21.3 Å². The number of nitrogens with zero attached hydrogens (tertiary/aromatic N) is 3. The van der Waals surface area contributed by atoms with E-state index < -0.39 is 23.1 Å². The summed E-state index contributed by atoms with van der Waals surface area (Å²) in [6.07, 6.45) is 2.63. The molecule has 0 saturated heterocycles. The van der Waals surface area contributed by atoms with Crippen LogP contribution in [0.1, 0.15) is 10.4 Å². The molecule has 0 radical (unpaired) electrons. The molecule has 0 fully saturated rings. The SMILES string of the molecule is Nc1cc(Oc2ccc(NC(=O)c3cccn(-c4ccc(F)cc4)c3=O)cc2F)ncn1. The maximum atomic E-state index is 14.4. The van der Waals surface area contributed by atoms with Crippen molar-refractivity contribution in [3.63, 3.8) is 0 Å². The number of rotatable bonds is 5. The average Bonchev–Trinajstić information content (AvgIpc) is 2.76. The summed E-state index contributed by atoms with van der Waals surface area (Å²) in [6, 6.07) is 13.2. The summed E-state index contributed by atoms with van der Waals surface area (Å²) in [5, 5.41) is 2.47. The Labute approximate surface area is 179 Å². The van der Waals surface area contributed by atoms with Gasteiger partial charge in [-0.25, -0.2) is 18.7 Å². The zero-order valence-corrected chi connectivity index (χ0v) is 16.3. The summed E-state index contributed by atoms with van der Waals surface area (Å²) in [7, 11) is 0. The van der Waals surface area contributed by atoms with E-state index in [9.17, 15) is 18.4 Å². The van der Waals surface area contributed by atoms with Gasteiger partial charge in [0, 0.05) is 29.7 Å². The number of amides is 1. The van der Waals surface area contributed by atoms with Gasteiger partial charge in [0.05, 0.1) is 0 Å². The van der Waals surface area contributed by atoms with Crippen LogP contribution in [0.25, 0.3) is 5.69 Å². The number of ether oxygens (including phenoxy) is 1. The minimum Gasteiger partial charge on any atom is -0.436 e. The molecule has 32 heavy (non-hydrogen) atoms. The second-order valence-corrected chi connectivity index (χ2v) is 6.56. The van der Waals surface area contributed by atoms with Crippen LogP contribution in [0.2, 0.25) is 0 Å². The molecule has 0 bridgehead atoms. The van der Waals surface area contributed by atoms with Crippen LogP contribution in [0.4, 0.5) is 20.3 Å². The molecule has 4 rings (SSSR count). The monoisotopic (exact) mass is 435 g/mol. The van der Waals surface area contributed by atoms with Crippen LogP contribution in [0, 0.1) is 11.6 Å². The largest absolute Gasteiger partial charge is 0.436 e. The molecule has 4 aromatic rings. The standard InChI is InChI=1S/C22H15F2N5O3/c23-13-3-6-15(7-4-13)29-9-1-2-16(22(29)31)21(30)28-14-5-8-18(17(24)10-14)32-20-11-19(25)26-12-27-20/h1-12H,(H,28,30)(H2,25,26,27). The Morgan fingerprint density at radius 2 is 1.81 bits per heavy atom. The first-order valence-electron chi connectivity index (χ1n) is 9.24. The third-order valence-corrected chi connectivity index (χ3v) is 4.36. The van der Waals surface area contributed by atoms with Crippen molar-refractivity contribution in [1.29, 1.82) is 0 Å². The molecule has 0 saturated carbocycles. The van der Waals surface area contributed by atoms with E-state index in [4.69, 9.17) is 10.5 Å². The maximum Gasteiger partial charge on any atom is 0.267 e. The number of halogens is 2. The number of carbonyl (C=O) groups is 1. The molecule has 3 N–H and O–H groups in total. The third-order valence-electron chi connectivity index (χ3n) is 4.36. The van der Waals surface area contributed by atoms with Crippen LogP contribution in [-0.2, 0) is 0 Å². The zero-order chi connectivity index (χ0) is 22.7. The van der Waals surface area contributed by atoms with Gasteiger partial charge in [-0.2, -0.15) is 0 Å². The Morgan fingerprint density at radius 1 is 1.03 bits per heavy atom. The second kappa shape index (κ2) is 8.64. The summed E-state index contributed by atoms with van der Waals surface area (Å²) < 4.78 is 34.1. The number of carbonyl (C=O) groups excluding carboxylic acids is 1. The van der Waals surface area contributed by atoms with E-state index in [2.05, 4.69) is 15.3 Å². The predicted octanol–water partition coefficient (Wildman–Crippen LogP) is 3.53. The molecule has 10 heteroatoms. The molecule has 2 aromatic carbocycles. The number of nitrogens with one attached hydrogen (secondary N) is 1. The van der Waals surface area contributed by atoms with Gasteiger partial charge in [0.15, 0.2) is 11.6 Å². The Hall–Kier alpha value is -4.60.